The Hall–Kier alpha value is -1.78. The van der Waals surface area contributed by atoms with Crippen molar-refractivity contribution >= 4 is 11.9 Å². The maximum absolute atomic E-state index is 12.4. The van der Waals surface area contributed by atoms with Gasteiger partial charge in [0.1, 0.15) is 13.2 Å². The number of hydrogen-bond acceptors (Lipinski definition) is 5. The molecule has 0 aromatic carbocycles. The van der Waals surface area contributed by atoms with Gasteiger partial charge in [0.2, 0.25) is 0 Å². The Morgan fingerprint density at radius 3 is 1.96 bits per heavy atom. The number of alkyl halides is 6. The molecule has 0 aromatic rings. The van der Waals surface area contributed by atoms with Gasteiger partial charge in [0.25, 0.3) is 0 Å². The average Bonchev–Trinajstić information content (AvgIpc) is 3.10. The first-order chi connectivity index (χ1) is 11.4. The molecule has 25 heavy (non-hydrogen) atoms. The van der Waals surface area contributed by atoms with E-state index in [9.17, 15) is 41.0 Å². The van der Waals surface area contributed by atoms with Crippen LogP contribution in [-0.4, -0.2) is 43.1 Å². The highest BCUT2D eigenvalue weighted by atomic mass is 19.4. The summed E-state index contributed by atoms with van der Waals surface area (Å²) in [6.45, 7) is -1.83. The standard InChI is InChI=1S/C14H13F6O5/c15-13(16,17)12(23,14(18,19)20)11(22)25-4-3-24-10(21)9-6-7-1-2-8(9)5-7/h1-2,7-9H,3-6H2/q-1. The third-order valence-corrected chi connectivity index (χ3v) is 4.23. The third-order valence-electron chi connectivity index (χ3n) is 4.23. The van der Waals surface area contributed by atoms with Crippen LogP contribution in [0.1, 0.15) is 12.8 Å². The minimum atomic E-state index is -6.42. The number of hydrogen-bond donors (Lipinski definition) is 0. The van der Waals surface area contributed by atoms with Crippen LogP contribution in [0.15, 0.2) is 12.2 Å². The second kappa shape index (κ2) is 6.50. The number of carbonyl (C=O) groups is 2. The molecule has 2 bridgehead atoms. The van der Waals surface area contributed by atoms with E-state index in [1.165, 1.54) is 0 Å². The number of rotatable bonds is 5. The molecule has 0 saturated heterocycles. The highest BCUT2D eigenvalue weighted by molar-refractivity contribution is 5.81. The molecule has 1 saturated carbocycles. The van der Waals surface area contributed by atoms with Gasteiger partial charge in [-0.25, -0.2) is 0 Å². The van der Waals surface area contributed by atoms with E-state index < -0.39 is 49.0 Å². The monoisotopic (exact) mass is 375 g/mol. The summed E-state index contributed by atoms with van der Waals surface area (Å²) in [6.07, 6.45) is -7.71. The zero-order chi connectivity index (χ0) is 19.0. The summed E-state index contributed by atoms with van der Waals surface area (Å²) in [7, 11) is 0. The van der Waals surface area contributed by atoms with Crippen LogP contribution in [0.5, 0.6) is 0 Å². The zero-order valence-corrected chi connectivity index (χ0v) is 12.5. The molecule has 3 atom stereocenters. The van der Waals surface area contributed by atoms with Crippen molar-refractivity contribution in [1.29, 1.82) is 0 Å². The summed E-state index contributed by atoms with van der Waals surface area (Å²) < 4.78 is 82.6. The minimum absolute atomic E-state index is 0.00944. The molecule has 2 rings (SSSR count). The van der Waals surface area contributed by atoms with Crippen molar-refractivity contribution in [2.24, 2.45) is 17.8 Å². The number of esters is 2. The fourth-order valence-corrected chi connectivity index (χ4v) is 2.93. The summed E-state index contributed by atoms with van der Waals surface area (Å²) in [6, 6.07) is 0. The molecule has 11 heteroatoms. The first-order valence-corrected chi connectivity index (χ1v) is 7.24. The number of allylic oxidation sites excluding steroid dienone is 2. The molecule has 0 aromatic heterocycles. The molecule has 2 aliphatic carbocycles. The van der Waals surface area contributed by atoms with Gasteiger partial charge in [-0.15, -0.1) is 0 Å². The quantitative estimate of drug-likeness (QED) is 0.315. The maximum atomic E-state index is 12.4. The Morgan fingerprint density at radius 2 is 1.52 bits per heavy atom. The van der Waals surface area contributed by atoms with Crippen LogP contribution < -0.4 is 5.11 Å². The van der Waals surface area contributed by atoms with E-state index in [1.807, 2.05) is 12.2 Å². The van der Waals surface area contributed by atoms with Gasteiger partial charge in [-0.3, -0.25) is 9.59 Å². The molecular weight excluding hydrogens is 362 g/mol. The second-order valence-corrected chi connectivity index (χ2v) is 5.87. The van der Waals surface area contributed by atoms with Gasteiger partial charge in [-0.05, 0) is 24.7 Å². The van der Waals surface area contributed by atoms with Crippen LogP contribution in [0.2, 0.25) is 0 Å². The van der Waals surface area contributed by atoms with Crippen molar-refractivity contribution in [2.45, 2.75) is 30.8 Å². The van der Waals surface area contributed by atoms with Gasteiger partial charge in [0.15, 0.2) is 5.60 Å². The van der Waals surface area contributed by atoms with E-state index in [2.05, 4.69) is 4.74 Å². The summed E-state index contributed by atoms with van der Waals surface area (Å²) in [5.41, 5.74) is -5.89. The van der Waals surface area contributed by atoms with Crippen LogP contribution in [0.4, 0.5) is 26.3 Å². The lowest BCUT2D eigenvalue weighted by Gasteiger charge is -2.40. The lowest BCUT2D eigenvalue weighted by atomic mass is 9.94. The van der Waals surface area contributed by atoms with Gasteiger partial charge in [-0.1, -0.05) is 12.2 Å². The number of ether oxygens (including phenoxy) is 2. The van der Waals surface area contributed by atoms with E-state index >= 15 is 0 Å². The molecule has 0 heterocycles. The lowest BCUT2D eigenvalue weighted by molar-refractivity contribution is -0.574. The predicted molar refractivity (Wildman–Crippen MR) is 65.6 cm³/mol. The van der Waals surface area contributed by atoms with Crippen LogP contribution in [-0.2, 0) is 19.1 Å². The van der Waals surface area contributed by atoms with Crippen LogP contribution in [0.25, 0.3) is 0 Å². The Balaban J connectivity index is 1.83. The Bertz CT molecular complexity index is 553. The van der Waals surface area contributed by atoms with Crippen molar-refractivity contribution in [2.75, 3.05) is 13.2 Å². The Morgan fingerprint density at radius 1 is 0.960 bits per heavy atom. The number of halogens is 6. The fourth-order valence-electron chi connectivity index (χ4n) is 2.93. The molecule has 2 aliphatic rings. The van der Waals surface area contributed by atoms with Gasteiger partial charge in [0.05, 0.1) is 5.92 Å². The molecule has 0 N–H and O–H groups in total. The highest BCUT2D eigenvalue weighted by Crippen LogP contribution is 2.44. The molecule has 5 nitrogen and oxygen atoms in total. The second-order valence-electron chi connectivity index (χ2n) is 5.87. The van der Waals surface area contributed by atoms with Gasteiger partial charge in [0, 0.05) is 0 Å². The molecule has 0 amide bonds. The summed E-state index contributed by atoms with van der Waals surface area (Å²) >= 11 is 0. The van der Waals surface area contributed by atoms with Crippen molar-refractivity contribution in [3.8, 4) is 0 Å². The zero-order valence-electron chi connectivity index (χ0n) is 12.5. The normalized spacial score (nSPS) is 26.0. The highest BCUT2D eigenvalue weighted by Gasteiger charge is 2.68. The van der Waals surface area contributed by atoms with Gasteiger partial charge < -0.3 is 14.6 Å². The van der Waals surface area contributed by atoms with E-state index in [4.69, 9.17) is 4.74 Å². The minimum Gasteiger partial charge on any atom is -0.828 e. The van der Waals surface area contributed by atoms with Crippen molar-refractivity contribution < 1.29 is 50.5 Å². The molecule has 3 unspecified atom stereocenters. The van der Waals surface area contributed by atoms with E-state index in [0.717, 1.165) is 6.42 Å². The first kappa shape index (κ1) is 19.5. The SMILES string of the molecule is O=C(OCCOC(=O)C([O-])(C(F)(F)F)C(F)(F)F)C1CC2C=CC1C2. The Kier molecular flexibility index (Phi) is 5.08. The fraction of sp³-hybridized carbons (Fsp3) is 0.714. The number of carbonyl (C=O) groups excluding carboxylic acids is 2. The molecule has 0 aliphatic heterocycles. The maximum Gasteiger partial charge on any atom is 0.399 e. The van der Waals surface area contributed by atoms with Crippen molar-refractivity contribution in [1.82, 2.24) is 0 Å². The first-order valence-electron chi connectivity index (χ1n) is 7.24. The molecule has 0 spiro atoms. The molecule has 142 valence electrons. The topological polar surface area (TPSA) is 75.7 Å². The van der Waals surface area contributed by atoms with E-state index in [-0.39, 0.29) is 11.8 Å². The summed E-state index contributed by atoms with van der Waals surface area (Å²) in [5.74, 6) is -3.90. The van der Waals surface area contributed by atoms with E-state index in [0.29, 0.717) is 6.42 Å². The lowest BCUT2D eigenvalue weighted by Crippen LogP contribution is -2.71. The summed E-state index contributed by atoms with van der Waals surface area (Å²) in [4.78, 5) is 22.8. The van der Waals surface area contributed by atoms with Crippen LogP contribution >= 0.6 is 0 Å². The van der Waals surface area contributed by atoms with Gasteiger partial charge >= 0.3 is 24.3 Å². The summed E-state index contributed by atoms with van der Waals surface area (Å²) in [5, 5.41) is 11.0. The van der Waals surface area contributed by atoms with Crippen LogP contribution in [0.3, 0.4) is 0 Å². The molecular formula is C14H13F6O5-. The largest absolute Gasteiger partial charge is 0.828 e. The van der Waals surface area contributed by atoms with Crippen LogP contribution in [0, 0.1) is 17.8 Å². The van der Waals surface area contributed by atoms with E-state index in [1.54, 1.807) is 0 Å². The van der Waals surface area contributed by atoms with Gasteiger partial charge in [-0.2, -0.15) is 26.3 Å². The molecule has 1 fully saturated rings. The van der Waals surface area contributed by atoms with Crippen molar-refractivity contribution in [3.63, 3.8) is 0 Å². The van der Waals surface area contributed by atoms with Crippen molar-refractivity contribution in [3.05, 3.63) is 12.2 Å². The Labute approximate surface area is 137 Å². The third kappa shape index (κ3) is 3.60. The number of fused-ring (bicyclic) bond motifs is 2. The predicted octanol–water partition coefficient (Wildman–Crippen LogP) is 1.51. The molecule has 0 radical (unpaired) electrons. The smallest absolute Gasteiger partial charge is 0.399 e. The average molecular weight is 375 g/mol.